The number of benzene rings is 1. The highest BCUT2D eigenvalue weighted by Crippen LogP contribution is 2.28. The summed E-state index contributed by atoms with van der Waals surface area (Å²) in [4.78, 5) is 22.3. The third-order valence-corrected chi connectivity index (χ3v) is 2.34. The molecule has 0 atom stereocenters. The van der Waals surface area contributed by atoms with E-state index in [-0.39, 0.29) is 11.1 Å². The van der Waals surface area contributed by atoms with Gasteiger partial charge < -0.3 is 14.2 Å². The van der Waals surface area contributed by atoms with E-state index in [2.05, 4.69) is 22.6 Å². The molecule has 0 aliphatic carbocycles. The van der Waals surface area contributed by atoms with Crippen molar-refractivity contribution in [1.82, 2.24) is 0 Å². The molecule has 0 saturated carbocycles. The minimum absolute atomic E-state index is 0.0346. The molecule has 5 nitrogen and oxygen atoms in total. The monoisotopic (exact) mass is 324 g/mol. The summed E-state index contributed by atoms with van der Waals surface area (Å²) in [6.07, 6.45) is 1.70. The maximum absolute atomic E-state index is 13.8. The molecule has 1 aromatic rings. The van der Waals surface area contributed by atoms with E-state index in [1.54, 1.807) is 0 Å². The molecular formula is C16H14F2O5. The Morgan fingerprint density at radius 3 is 2.04 bits per heavy atom. The van der Waals surface area contributed by atoms with Gasteiger partial charge in [0.2, 0.25) is 11.6 Å². The molecular weight excluding hydrogens is 310 g/mol. The van der Waals surface area contributed by atoms with E-state index >= 15 is 0 Å². The van der Waals surface area contributed by atoms with Crippen molar-refractivity contribution < 1.29 is 32.6 Å². The fourth-order valence-electron chi connectivity index (χ4n) is 1.16. The van der Waals surface area contributed by atoms with Crippen LogP contribution >= 0.6 is 0 Å². The Labute approximate surface area is 131 Å². The standard InChI is InChI=1S/C16H14F2O5/c1-9(2)15(19)22-8-7-21-11-5-6-12(14(18)13(11)17)23-16(20)10(3)4/h5-8H,1,3H2,2,4H3. The van der Waals surface area contributed by atoms with E-state index in [4.69, 9.17) is 4.74 Å². The van der Waals surface area contributed by atoms with Gasteiger partial charge in [0, 0.05) is 11.1 Å². The Kier molecular flexibility index (Phi) is 6.20. The van der Waals surface area contributed by atoms with Crippen molar-refractivity contribution in [2.24, 2.45) is 0 Å². The van der Waals surface area contributed by atoms with Crippen molar-refractivity contribution in [3.8, 4) is 11.5 Å². The third-order valence-electron chi connectivity index (χ3n) is 2.34. The highest BCUT2D eigenvalue weighted by molar-refractivity contribution is 5.88. The van der Waals surface area contributed by atoms with E-state index in [0.29, 0.717) is 0 Å². The summed E-state index contributed by atoms with van der Waals surface area (Å²) >= 11 is 0. The third kappa shape index (κ3) is 5.06. The average Bonchev–Trinajstić information content (AvgIpc) is 2.49. The molecule has 0 unspecified atom stereocenters. The molecule has 0 aliphatic rings. The van der Waals surface area contributed by atoms with Crippen LogP contribution in [0.4, 0.5) is 8.78 Å². The van der Waals surface area contributed by atoms with Gasteiger partial charge in [-0.2, -0.15) is 8.78 Å². The Hall–Kier alpha value is -2.96. The number of carbonyl (C=O) groups excluding carboxylic acids is 2. The highest BCUT2D eigenvalue weighted by atomic mass is 19.2. The maximum atomic E-state index is 13.8. The smallest absolute Gasteiger partial charge is 0.338 e. The summed E-state index contributed by atoms with van der Waals surface area (Å²) < 4.78 is 41.5. The van der Waals surface area contributed by atoms with Crippen LogP contribution in [-0.2, 0) is 14.3 Å². The lowest BCUT2D eigenvalue weighted by molar-refractivity contribution is -0.133. The zero-order valence-corrected chi connectivity index (χ0v) is 12.5. The molecule has 0 amide bonds. The fraction of sp³-hybridized carbons (Fsp3) is 0.125. The molecule has 0 spiro atoms. The van der Waals surface area contributed by atoms with E-state index in [0.717, 1.165) is 24.7 Å². The molecule has 1 aromatic carbocycles. The van der Waals surface area contributed by atoms with Crippen molar-refractivity contribution >= 4 is 11.9 Å². The normalized spacial score (nSPS) is 10.3. The number of carbonyl (C=O) groups is 2. The van der Waals surface area contributed by atoms with Crippen molar-refractivity contribution in [2.75, 3.05) is 0 Å². The Bertz CT molecular complexity index is 692. The second kappa shape index (κ2) is 7.88. The number of halogens is 2. The van der Waals surface area contributed by atoms with Gasteiger partial charge in [0.1, 0.15) is 12.5 Å². The molecule has 0 aliphatic heterocycles. The summed E-state index contributed by atoms with van der Waals surface area (Å²) in [5.74, 6) is -5.43. The predicted molar refractivity (Wildman–Crippen MR) is 77.5 cm³/mol. The molecule has 7 heteroatoms. The summed E-state index contributed by atoms with van der Waals surface area (Å²) in [7, 11) is 0. The van der Waals surface area contributed by atoms with Gasteiger partial charge in [0.15, 0.2) is 11.5 Å². The lowest BCUT2D eigenvalue weighted by Crippen LogP contribution is -2.10. The van der Waals surface area contributed by atoms with E-state index in [1.165, 1.54) is 13.8 Å². The molecule has 0 N–H and O–H groups in total. The van der Waals surface area contributed by atoms with Crippen LogP contribution in [0.2, 0.25) is 0 Å². The van der Waals surface area contributed by atoms with Gasteiger partial charge in [-0.1, -0.05) is 13.2 Å². The lowest BCUT2D eigenvalue weighted by atomic mass is 10.3. The first-order valence-corrected chi connectivity index (χ1v) is 6.28. The first-order chi connectivity index (χ1) is 10.7. The number of hydrogen-bond donors (Lipinski definition) is 0. The van der Waals surface area contributed by atoms with E-state index in [1.807, 2.05) is 0 Å². The van der Waals surface area contributed by atoms with Crippen LogP contribution < -0.4 is 9.47 Å². The summed E-state index contributed by atoms with van der Waals surface area (Å²) in [6, 6.07) is 2.06. The van der Waals surface area contributed by atoms with E-state index < -0.39 is 35.1 Å². The second-order valence-corrected chi connectivity index (χ2v) is 4.44. The van der Waals surface area contributed by atoms with Crippen LogP contribution in [0.5, 0.6) is 11.5 Å². The Morgan fingerprint density at radius 1 is 0.957 bits per heavy atom. The molecule has 0 aromatic heterocycles. The van der Waals surface area contributed by atoms with Gasteiger partial charge in [-0.15, -0.1) is 0 Å². The summed E-state index contributed by atoms with van der Waals surface area (Å²) in [6.45, 7) is 9.49. The Morgan fingerprint density at radius 2 is 1.48 bits per heavy atom. The SMILES string of the molecule is C=C(C)C(=O)OC=COc1ccc(OC(=O)C(=C)C)c(F)c1F. The van der Waals surface area contributed by atoms with Gasteiger partial charge in [0.25, 0.3) is 0 Å². The zero-order chi connectivity index (χ0) is 17.6. The zero-order valence-electron chi connectivity index (χ0n) is 12.5. The molecule has 0 radical (unpaired) electrons. The second-order valence-electron chi connectivity index (χ2n) is 4.44. The lowest BCUT2D eigenvalue weighted by Gasteiger charge is -2.08. The first-order valence-electron chi connectivity index (χ1n) is 6.28. The number of esters is 2. The molecule has 122 valence electrons. The predicted octanol–water partition coefficient (Wildman–Crippen LogP) is 3.42. The van der Waals surface area contributed by atoms with Crippen molar-refractivity contribution in [1.29, 1.82) is 0 Å². The van der Waals surface area contributed by atoms with Gasteiger partial charge in [-0.05, 0) is 26.0 Å². The molecule has 1 rings (SSSR count). The van der Waals surface area contributed by atoms with Gasteiger partial charge in [-0.25, -0.2) is 9.59 Å². The fourth-order valence-corrected chi connectivity index (χ4v) is 1.16. The summed E-state index contributed by atoms with van der Waals surface area (Å²) in [5.41, 5.74) is 0.197. The number of rotatable bonds is 6. The largest absolute Gasteiger partial charge is 0.459 e. The quantitative estimate of drug-likeness (QED) is 0.347. The molecule has 23 heavy (non-hydrogen) atoms. The van der Waals surface area contributed by atoms with Crippen LogP contribution in [0.1, 0.15) is 13.8 Å². The van der Waals surface area contributed by atoms with Crippen LogP contribution in [0, 0.1) is 11.6 Å². The van der Waals surface area contributed by atoms with Crippen LogP contribution in [0.15, 0.2) is 49.0 Å². The van der Waals surface area contributed by atoms with Crippen molar-refractivity contribution in [3.05, 3.63) is 60.6 Å². The first kappa shape index (κ1) is 18.1. The van der Waals surface area contributed by atoms with Gasteiger partial charge in [0.05, 0.1) is 0 Å². The maximum Gasteiger partial charge on any atom is 0.338 e. The highest BCUT2D eigenvalue weighted by Gasteiger charge is 2.18. The number of ether oxygens (including phenoxy) is 3. The summed E-state index contributed by atoms with van der Waals surface area (Å²) in [5, 5.41) is 0. The molecule has 0 saturated heterocycles. The molecule has 0 fully saturated rings. The van der Waals surface area contributed by atoms with Gasteiger partial charge in [-0.3, -0.25) is 0 Å². The van der Waals surface area contributed by atoms with Crippen molar-refractivity contribution in [2.45, 2.75) is 13.8 Å². The van der Waals surface area contributed by atoms with Crippen LogP contribution in [0.3, 0.4) is 0 Å². The molecule has 0 bridgehead atoms. The number of hydrogen-bond acceptors (Lipinski definition) is 5. The topological polar surface area (TPSA) is 61.8 Å². The van der Waals surface area contributed by atoms with Crippen LogP contribution in [0.25, 0.3) is 0 Å². The minimum Gasteiger partial charge on any atom is -0.459 e. The van der Waals surface area contributed by atoms with E-state index in [9.17, 15) is 18.4 Å². The Balaban J connectivity index is 2.79. The average molecular weight is 324 g/mol. The van der Waals surface area contributed by atoms with Gasteiger partial charge >= 0.3 is 11.9 Å². The van der Waals surface area contributed by atoms with Crippen LogP contribution in [-0.4, -0.2) is 11.9 Å². The molecule has 0 heterocycles. The van der Waals surface area contributed by atoms with Crippen molar-refractivity contribution in [3.63, 3.8) is 0 Å². The minimum atomic E-state index is -1.40.